The van der Waals surface area contributed by atoms with Crippen LogP contribution in [0.25, 0.3) is 0 Å². The molecule has 0 radical (unpaired) electrons. The lowest BCUT2D eigenvalue weighted by Crippen LogP contribution is -2.11. The maximum Gasteiger partial charge on any atom is 0.417 e. The zero-order chi connectivity index (χ0) is 14.2. The first-order valence-electron chi connectivity index (χ1n) is 4.26. The number of alkyl halides is 3. The second-order valence-corrected chi connectivity index (χ2v) is 3.62. The molecular weight excluding hydrogens is 281 g/mol. The minimum absolute atomic E-state index is 0.185. The summed E-state index contributed by atoms with van der Waals surface area (Å²) < 4.78 is 37.7. The van der Waals surface area contributed by atoms with Crippen molar-refractivity contribution in [3.8, 4) is 0 Å². The van der Waals surface area contributed by atoms with Crippen LogP contribution in [0.4, 0.5) is 24.5 Å². The van der Waals surface area contributed by atoms with Crippen molar-refractivity contribution in [2.75, 3.05) is 0 Å². The van der Waals surface area contributed by atoms with E-state index in [0.717, 1.165) is 6.92 Å². The van der Waals surface area contributed by atoms with Crippen LogP contribution >= 0.6 is 11.6 Å². The number of hydrogen-bond acceptors (Lipinski definition) is 4. The summed E-state index contributed by atoms with van der Waals surface area (Å²) in [7, 11) is 0. The Bertz CT molecular complexity index is 544. The summed E-state index contributed by atoms with van der Waals surface area (Å²) in [5, 5.41) is 20.2. The van der Waals surface area contributed by atoms with Gasteiger partial charge in [0.15, 0.2) is 5.02 Å². The first-order valence-corrected chi connectivity index (χ1v) is 4.64. The number of nitrogens with zero attached hydrogens (tertiary/aromatic N) is 2. The fourth-order valence-corrected chi connectivity index (χ4v) is 1.70. The Morgan fingerprint density at radius 1 is 1.22 bits per heavy atom. The average molecular weight is 285 g/mol. The quantitative estimate of drug-likeness (QED) is 0.614. The predicted octanol–water partition coefficient (Wildman–Crippen LogP) is 3.48. The van der Waals surface area contributed by atoms with Crippen LogP contribution in [0.1, 0.15) is 11.1 Å². The number of rotatable bonds is 2. The third-order valence-electron chi connectivity index (χ3n) is 2.16. The maximum absolute atomic E-state index is 12.6. The minimum Gasteiger partial charge on any atom is -0.258 e. The molecule has 0 heterocycles. The molecule has 0 N–H and O–H groups in total. The Kier molecular flexibility index (Phi) is 3.47. The van der Waals surface area contributed by atoms with Crippen LogP contribution in [0.5, 0.6) is 0 Å². The highest BCUT2D eigenvalue weighted by atomic mass is 35.5. The van der Waals surface area contributed by atoms with Gasteiger partial charge in [-0.2, -0.15) is 13.2 Å². The number of hydrogen-bond donors (Lipinski definition) is 0. The van der Waals surface area contributed by atoms with Crippen LogP contribution < -0.4 is 0 Å². The molecule has 0 aromatic heterocycles. The molecule has 0 unspecified atom stereocenters. The van der Waals surface area contributed by atoms with E-state index < -0.39 is 43.5 Å². The second kappa shape index (κ2) is 4.41. The van der Waals surface area contributed by atoms with E-state index in [1.807, 2.05) is 0 Å². The second-order valence-electron chi connectivity index (χ2n) is 3.24. The number of nitro groups is 2. The van der Waals surface area contributed by atoms with Crippen molar-refractivity contribution in [1.82, 2.24) is 0 Å². The van der Waals surface area contributed by atoms with Crippen LogP contribution in [0.3, 0.4) is 0 Å². The van der Waals surface area contributed by atoms with Crippen molar-refractivity contribution in [1.29, 1.82) is 0 Å². The van der Waals surface area contributed by atoms with Gasteiger partial charge in [-0.05, 0) is 6.92 Å². The average Bonchev–Trinajstić information content (AvgIpc) is 2.13. The van der Waals surface area contributed by atoms with Gasteiger partial charge in [-0.25, -0.2) is 0 Å². The monoisotopic (exact) mass is 284 g/mol. The van der Waals surface area contributed by atoms with Gasteiger partial charge in [0.1, 0.15) is 0 Å². The Morgan fingerprint density at radius 2 is 1.72 bits per heavy atom. The van der Waals surface area contributed by atoms with Gasteiger partial charge in [-0.3, -0.25) is 20.2 Å². The molecule has 0 amide bonds. The Labute approximate surface area is 102 Å². The first-order chi connectivity index (χ1) is 8.07. The topological polar surface area (TPSA) is 86.3 Å². The van der Waals surface area contributed by atoms with Gasteiger partial charge in [0.2, 0.25) is 0 Å². The van der Waals surface area contributed by atoms with Gasteiger partial charge in [-0.15, -0.1) is 0 Å². The lowest BCUT2D eigenvalue weighted by atomic mass is 10.1. The highest BCUT2D eigenvalue weighted by Crippen LogP contribution is 2.43. The molecule has 6 nitrogen and oxygen atoms in total. The summed E-state index contributed by atoms with van der Waals surface area (Å²) in [6.45, 7) is 0.830. The molecule has 0 saturated heterocycles. The van der Waals surface area contributed by atoms with E-state index in [1.54, 1.807) is 0 Å². The Morgan fingerprint density at radius 3 is 2.06 bits per heavy atom. The summed E-state index contributed by atoms with van der Waals surface area (Å²) in [6, 6.07) is 0.185. The van der Waals surface area contributed by atoms with Crippen molar-refractivity contribution < 1.29 is 23.0 Å². The summed E-state index contributed by atoms with van der Waals surface area (Å²) in [6.07, 6.45) is -4.94. The van der Waals surface area contributed by atoms with E-state index in [-0.39, 0.29) is 6.07 Å². The molecule has 0 saturated carbocycles. The van der Waals surface area contributed by atoms with Gasteiger partial charge in [0, 0.05) is 11.6 Å². The van der Waals surface area contributed by atoms with Crippen molar-refractivity contribution in [3.05, 3.63) is 42.4 Å². The molecular formula is C8H4ClF3N2O4. The lowest BCUT2D eigenvalue weighted by Gasteiger charge is -2.11. The largest absolute Gasteiger partial charge is 0.417 e. The van der Waals surface area contributed by atoms with E-state index in [9.17, 15) is 33.4 Å². The van der Waals surface area contributed by atoms with Crippen molar-refractivity contribution in [3.63, 3.8) is 0 Å². The first kappa shape index (κ1) is 14.2. The molecule has 0 atom stereocenters. The van der Waals surface area contributed by atoms with Crippen LogP contribution in [0, 0.1) is 27.2 Å². The molecule has 98 valence electrons. The van der Waals surface area contributed by atoms with E-state index in [2.05, 4.69) is 0 Å². The molecule has 1 rings (SSSR count). The maximum atomic E-state index is 12.6. The van der Waals surface area contributed by atoms with Crippen LogP contribution in [0.15, 0.2) is 6.07 Å². The Hall–Kier alpha value is -1.90. The molecule has 0 spiro atoms. The third-order valence-corrected chi connectivity index (χ3v) is 2.53. The van der Waals surface area contributed by atoms with E-state index in [0.29, 0.717) is 0 Å². The fourth-order valence-electron chi connectivity index (χ4n) is 1.37. The SMILES string of the molecule is Cc1c(C(F)(F)F)cc([N+](=O)[O-])c(Cl)c1[N+](=O)[O-]. The van der Waals surface area contributed by atoms with Gasteiger partial charge in [0.25, 0.3) is 11.4 Å². The van der Waals surface area contributed by atoms with Crippen LogP contribution in [0.2, 0.25) is 5.02 Å². The highest BCUT2D eigenvalue weighted by molar-refractivity contribution is 6.35. The molecule has 0 aliphatic carbocycles. The van der Waals surface area contributed by atoms with Gasteiger partial charge >= 0.3 is 6.18 Å². The number of halogens is 4. The van der Waals surface area contributed by atoms with Crippen molar-refractivity contribution >= 4 is 23.0 Å². The summed E-state index contributed by atoms with van der Waals surface area (Å²) in [5.41, 5.74) is -4.48. The summed E-state index contributed by atoms with van der Waals surface area (Å²) >= 11 is 5.38. The molecule has 18 heavy (non-hydrogen) atoms. The summed E-state index contributed by atoms with van der Waals surface area (Å²) in [5.74, 6) is 0. The smallest absolute Gasteiger partial charge is 0.258 e. The molecule has 0 aliphatic rings. The zero-order valence-electron chi connectivity index (χ0n) is 8.62. The van der Waals surface area contributed by atoms with E-state index >= 15 is 0 Å². The molecule has 1 aromatic rings. The third kappa shape index (κ3) is 2.35. The van der Waals surface area contributed by atoms with Crippen molar-refractivity contribution in [2.24, 2.45) is 0 Å². The minimum atomic E-state index is -4.94. The number of benzene rings is 1. The molecule has 0 aliphatic heterocycles. The molecule has 0 bridgehead atoms. The fraction of sp³-hybridized carbons (Fsp3) is 0.250. The highest BCUT2D eigenvalue weighted by Gasteiger charge is 2.40. The van der Waals surface area contributed by atoms with Gasteiger partial charge in [-0.1, -0.05) is 11.6 Å². The van der Waals surface area contributed by atoms with E-state index in [4.69, 9.17) is 11.6 Å². The lowest BCUT2D eigenvalue weighted by molar-refractivity contribution is -0.394. The van der Waals surface area contributed by atoms with Gasteiger partial charge < -0.3 is 0 Å². The summed E-state index contributed by atoms with van der Waals surface area (Å²) in [4.78, 5) is 18.8. The van der Waals surface area contributed by atoms with E-state index in [1.165, 1.54) is 0 Å². The zero-order valence-corrected chi connectivity index (χ0v) is 9.37. The van der Waals surface area contributed by atoms with Gasteiger partial charge in [0.05, 0.1) is 15.4 Å². The van der Waals surface area contributed by atoms with Crippen LogP contribution in [-0.2, 0) is 6.18 Å². The molecule has 1 aromatic carbocycles. The molecule has 10 heteroatoms. The standard InChI is InChI=1S/C8H4ClF3N2O4/c1-3-4(8(10,11)12)2-5(13(15)16)6(9)7(3)14(17)18/h2H,1H3. The normalized spacial score (nSPS) is 11.4. The van der Waals surface area contributed by atoms with Crippen LogP contribution in [-0.4, -0.2) is 9.85 Å². The van der Waals surface area contributed by atoms with Crippen molar-refractivity contribution in [2.45, 2.75) is 13.1 Å². The number of nitro benzene ring substituents is 2. The molecule has 0 fully saturated rings. The Balaban J connectivity index is 3.78. The predicted molar refractivity (Wildman–Crippen MR) is 54.5 cm³/mol.